The number of aliphatic hydroxyl groups is 1. The van der Waals surface area contributed by atoms with Crippen molar-refractivity contribution < 1.29 is 14.7 Å². The number of benzene rings is 1. The number of urea groups is 1. The van der Waals surface area contributed by atoms with Crippen LogP contribution in [0.4, 0.5) is 10.6 Å². The second kappa shape index (κ2) is 6.12. The minimum atomic E-state index is -0.436. The maximum Gasteiger partial charge on any atom is 0.329 e. The van der Waals surface area contributed by atoms with E-state index in [1.54, 1.807) is 4.68 Å². The fourth-order valence-electron chi connectivity index (χ4n) is 3.68. The van der Waals surface area contributed by atoms with Crippen LogP contribution >= 0.6 is 0 Å². The molecule has 0 saturated carbocycles. The number of amides is 3. The molecule has 0 radical (unpaired) electrons. The van der Waals surface area contributed by atoms with E-state index in [2.05, 4.69) is 15.7 Å². The Balaban J connectivity index is 1.71. The molecular weight excluding hydrogens is 322 g/mol. The number of carbonyl (C=O) groups excluding carboxylic acids is 2. The summed E-state index contributed by atoms with van der Waals surface area (Å²) in [4.78, 5) is 25.0. The number of β-amino-alcohol motifs (C(OH)–C–C–N with tert-alkyl or cyclic N) is 1. The maximum absolute atomic E-state index is 12.1. The van der Waals surface area contributed by atoms with Crippen LogP contribution in [0, 0.1) is 0 Å². The topological polar surface area (TPSA) is 99.5 Å². The molecule has 2 fully saturated rings. The van der Waals surface area contributed by atoms with Gasteiger partial charge in [-0.2, -0.15) is 5.10 Å². The lowest BCUT2D eigenvalue weighted by atomic mass is 9.87. The zero-order chi connectivity index (χ0) is 17.6. The number of aryl methyl sites for hydroxylation is 1. The maximum atomic E-state index is 12.1. The first kappa shape index (κ1) is 16.0. The third-order valence-electron chi connectivity index (χ3n) is 5.04. The minimum Gasteiger partial charge on any atom is -0.391 e. The van der Waals surface area contributed by atoms with E-state index >= 15 is 0 Å². The number of fused-ring (bicyclic) bond motifs is 1. The molecule has 3 amide bonds. The second-order valence-corrected chi connectivity index (χ2v) is 6.65. The highest BCUT2D eigenvalue weighted by Crippen LogP contribution is 2.32. The van der Waals surface area contributed by atoms with Crippen molar-refractivity contribution in [2.75, 3.05) is 24.5 Å². The summed E-state index contributed by atoms with van der Waals surface area (Å²) >= 11 is 0. The van der Waals surface area contributed by atoms with Gasteiger partial charge in [-0.15, -0.1) is 0 Å². The standard InChI is InChI=1S/C17H21N5O3/c1-21-13-8-10(11-4-6-18-9-14(11)23)2-3-12(13)16(20-21)22-7-5-15(24)19-17(22)25/h2-3,8,11,14,18,23H,4-7,9H2,1H3,(H,19,24,25)/t11-,14+/m0/s1. The lowest BCUT2D eigenvalue weighted by Crippen LogP contribution is -2.49. The molecule has 8 nitrogen and oxygen atoms in total. The van der Waals surface area contributed by atoms with E-state index < -0.39 is 12.1 Å². The van der Waals surface area contributed by atoms with Crippen LogP contribution in [0.1, 0.15) is 24.3 Å². The Hall–Kier alpha value is -2.45. The average molecular weight is 343 g/mol. The fourth-order valence-corrected chi connectivity index (χ4v) is 3.68. The van der Waals surface area contributed by atoms with Crippen LogP contribution in [-0.2, 0) is 11.8 Å². The molecule has 132 valence electrons. The predicted molar refractivity (Wildman–Crippen MR) is 92.5 cm³/mol. The molecule has 2 aliphatic heterocycles. The van der Waals surface area contributed by atoms with Gasteiger partial charge in [0, 0.05) is 37.9 Å². The number of hydrogen-bond donors (Lipinski definition) is 3. The number of piperidine rings is 1. The molecule has 2 saturated heterocycles. The molecule has 0 aliphatic carbocycles. The monoisotopic (exact) mass is 343 g/mol. The van der Waals surface area contributed by atoms with Crippen LogP contribution in [-0.4, -0.2) is 52.6 Å². The zero-order valence-corrected chi connectivity index (χ0v) is 14.0. The molecule has 2 aliphatic rings. The highest BCUT2D eigenvalue weighted by molar-refractivity contribution is 6.08. The number of hydrogen-bond acceptors (Lipinski definition) is 5. The summed E-state index contributed by atoms with van der Waals surface area (Å²) in [5, 5.41) is 21.1. The van der Waals surface area contributed by atoms with E-state index in [9.17, 15) is 14.7 Å². The summed E-state index contributed by atoms with van der Waals surface area (Å²) in [5.74, 6) is 0.392. The Morgan fingerprint density at radius 3 is 2.92 bits per heavy atom. The smallest absolute Gasteiger partial charge is 0.329 e. The van der Waals surface area contributed by atoms with Crippen molar-refractivity contribution in [3.8, 4) is 0 Å². The molecule has 0 bridgehead atoms. The Kier molecular flexibility index (Phi) is 3.93. The van der Waals surface area contributed by atoms with Gasteiger partial charge in [-0.05, 0) is 30.7 Å². The summed E-state index contributed by atoms with van der Waals surface area (Å²) in [5.41, 5.74) is 1.98. The van der Waals surface area contributed by atoms with E-state index in [-0.39, 0.29) is 18.2 Å². The fraction of sp³-hybridized carbons (Fsp3) is 0.471. The van der Waals surface area contributed by atoms with E-state index in [0.717, 1.165) is 29.4 Å². The van der Waals surface area contributed by atoms with E-state index in [1.807, 2.05) is 25.2 Å². The summed E-state index contributed by atoms with van der Waals surface area (Å²) < 4.78 is 1.74. The van der Waals surface area contributed by atoms with Crippen LogP contribution in [0.15, 0.2) is 18.2 Å². The number of rotatable bonds is 2. The van der Waals surface area contributed by atoms with Gasteiger partial charge in [-0.3, -0.25) is 19.7 Å². The van der Waals surface area contributed by atoms with Crippen molar-refractivity contribution in [2.45, 2.75) is 24.9 Å². The van der Waals surface area contributed by atoms with Crippen molar-refractivity contribution in [1.29, 1.82) is 0 Å². The van der Waals surface area contributed by atoms with Crippen LogP contribution in [0.3, 0.4) is 0 Å². The van der Waals surface area contributed by atoms with Crippen molar-refractivity contribution in [3.05, 3.63) is 23.8 Å². The molecule has 25 heavy (non-hydrogen) atoms. The van der Waals surface area contributed by atoms with E-state index in [1.165, 1.54) is 4.90 Å². The largest absolute Gasteiger partial charge is 0.391 e. The molecule has 0 unspecified atom stereocenters. The van der Waals surface area contributed by atoms with Gasteiger partial charge in [0.05, 0.1) is 11.6 Å². The van der Waals surface area contributed by atoms with Gasteiger partial charge in [0.2, 0.25) is 5.91 Å². The number of aliphatic hydroxyl groups excluding tert-OH is 1. The number of imide groups is 1. The van der Waals surface area contributed by atoms with Crippen molar-refractivity contribution >= 4 is 28.7 Å². The highest BCUT2D eigenvalue weighted by Gasteiger charge is 2.29. The van der Waals surface area contributed by atoms with E-state index in [0.29, 0.717) is 18.9 Å². The quantitative estimate of drug-likeness (QED) is 0.736. The lowest BCUT2D eigenvalue weighted by molar-refractivity contribution is -0.120. The normalized spacial score (nSPS) is 24.6. The first-order valence-corrected chi connectivity index (χ1v) is 8.51. The molecule has 0 spiro atoms. The van der Waals surface area contributed by atoms with Gasteiger partial charge in [-0.25, -0.2) is 4.79 Å². The summed E-state index contributed by atoms with van der Waals surface area (Å²) in [6.45, 7) is 1.81. The third-order valence-corrected chi connectivity index (χ3v) is 5.04. The molecule has 2 aromatic rings. The van der Waals surface area contributed by atoms with Crippen LogP contribution < -0.4 is 15.5 Å². The average Bonchev–Trinajstić information content (AvgIpc) is 2.91. The summed E-state index contributed by atoms with van der Waals surface area (Å²) in [6, 6.07) is 5.55. The number of anilines is 1. The third kappa shape index (κ3) is 2.77. The first-order chi connectivity index (χ1) is 12.0. The molecule has 3 N–H and O–H groups in total. The van der Waals surface area contributed by atoms with Gasteiger partial charge < -0.3 is 10.4 Å². The minimum absolute atomic E-state index is 0.0971. The molecule has 4 rings (SSSR count). The molecule has 8 heteroatoms. The lowest BCUT2D eigenvalue weighted by Gasteiger charge is -2.28. The SMILES string of the molecule is Cn1nc(N2CCC(=O)NC2=O)c2ccc([C@@H]3CCNC[C@H]3O)cc21. The van der Waals surface area contributed by atoms with Crippen LogP contribution in [0.2, 0.25) is 0 Å². The van der Waals surface area contributed by atoms with Crippen molar-refractivity contribution in [1.82, 2.24) is 20.4 Å². The first-order valence-electron chi connectivity index (χ1n) is 8.51. The molecule has 1 aromatic heterocycles. The number of nitrogens with zero attached hydrogens (tertiary/aromatic N) is 3. The number of nitrogens with one attached hydrogen (secondary N) is 2. The van der Waals surface area contributed by atoms with Gasteiger partial charge in [0.15, 0.2) is 5.82 Å². The van der Waals surface area contributed by atoms with Crippen molar-refractivity contribution in [3.63, 3.8) is 0 Å². The Bertz CT molecular complexity index is 846. The van der Waals surface area contributed by atoms with Gasteiger partial charge in [0.1, 0.15) is 0 Å². The van der Waals surface area contributed by atoms with Gasteiger partial charge in [0.25, 0.3) is 0 Å². The molecule has 2 atom stereocenters. The molecule has 3 heterocycles. The van der Waals surface area contributed by atoms with Gasteiger partial charge >= 0.3 is 6.03 Å². The van der Waals surface area contributed by atoms with Crippen molar-refractivity contribution in [2.24, 2.45) is 7.05 Å². The van der Waals surface area contributed by atoms with Crippen LogP contribution in [0.5, 0.6) is 0 Å². The van der Waals surface area contributed by atoms with E-state index in [4.69, 9.17) is 0 Å². The number of carbonyl (C=O) groups is 2. The molecular formula is C17H21N5O3. The highest BCUT2D eigenvalue weighted by atomic mass is 16.3. The second-order valence-electron chi connectivity index (χ2n) is 6.65. The number of aromatic nitrogens is 2. The Labute approximate surface area is 144 Å². The summed E-state index contributed by atoms with van der Waals surface area (Å²) in [6.07, 6.45) is 0.745. The summed E-state index contributed by atoms with van der Waals surface area (Å²) in [7, 11) is 1.83. The molecule has 1 aromatic carbocycles. The predicted octanol–water partition coefficient (Wildman–Crippen LogP) is 0.457. The van der Waals surface area contributed by atoms with Gasteiger partial charge in [-0.1, -0.05) is 6.07 Å². The zero-order valence-electron chi connectivity index (χ0n) is 14.0. The Morgan fingerprint density at radius 2 is 2.16 bits per heavy atom. The van der Waals surface area contributed by atoms with Crippen LogP contribution in [0.25, 0.3) is 10.9 Å². The Morgan fingerprint density at radius 1 is 1.32 bits per heavy atom.